The molecule has 0 atom stereocenters. The molecule has 0 radical (unpaired) electrons. The normalized spacial score (nSPS) is 9.14. The smallest absolute Gasteiger partial charge is 0.308 e. The van der Waals surface area contributed by atoms with Crippen LogP contribution in [0.25, 0.3) is 0 Å². The topological polar surface area (TPSA) is 74.6 Å². The quantitative estimate of drug-likeness (QED) is 0.682. The van der Waals surface area contributed by atoms with E-state index in [2.05, 4.69) is 24.4 Å². The molecule has 0 aliphatic heterocycles. The summed E-state index contributed by atoms with van der Waals surface area (Å²) in [5.41, 5.74) is 0. The van der Waals surface area contributed by atoms with Crippen LogP contribution in [-0.4, -0.2) is 36.7 Å². The number of carbonyl (C=O) groups is 2. The van der Waals surface area contributed by atoms with E-state index in [1.807, 2.05) is 0 Å². The molecule has 0 spiro atoms. The van der Waals surface area contributed by atoms with Gasteiger partial charge in [-0.15, -0.1) is 0 Å². The summed E-state index contributed by atoms with van der Waals surface area (Å²) in [5, 5.41) is 16.8. The summed E-state index contributed by atoms with van der Waals surface area (Å²) in [5.74, 6) is -2.23. The number of hydrogen-bond acceptors (Lipinski definition) is 5. The molecular weight excluding hydrogens is 244 g/mol. The van der Waals surface area contributed by atoms with Crippen molar-refractivity contribution in [3.8, 4) is 0 Å². The highest BCUT2D eigenvalue weighted by Crippen LogP contribution is 1.99. The molecule has 0 aromatic carbocycles. The zero-order chi connectivity index (χ0) is 11.3. The molecule has 0 aliphatic rings. The molecule has 0 fully saturated rings. The van der Waals surface area contributed by atoms with Crippen molar-refractivity contribution < 1.29 is 19.8 Å². The lowest BCUT2D eigenvalue weighted by atomic mass is 10.1. The van der Waals surface area contributed by atoms with Crippen LogP contribution in [0.5, 0.6) is 0 Å². The van der Waals surface area contributed by atoms with Gasteiger partial charge < -0.3 is 10.2 Å². The third-order valence-electron chi connectivity index (χ3n) is 1.13. The van der Waals surface area contributed by atoms with Crippen LogP contribution in [0.1, 0.15) is 12.8 Å². The van der Waals surface area contributed by atoms with Crippen LogP contribution in [-0.2, 0) is 9.59 Å². The second-order valence-corrected chi connectivity index (χ2v) is 3.71. The molecular formula is C7H6O4S3. The van der Waals surface area contributed by atoms with Gasteiger partial charge in [-0.25, -0.2) is 0 Å². The van der Waals surface area contributed by atoms with Gasteiger partial charge >= 0.3 is 11.9 Å². The highest BCUT2D eigenvalue weighted by atomic mass is 32.1. The molecule has 0 heterocycles. The van der Waals surface area contributed by atoms with Crippen LogP contribution in [0.2, 0.25) is 0 Å². The minimum absolute atomic E-state index is 0.00116. The van der Waals surface area contributed by atoms with E-state index in [0.717, 1.165) is 0 Å². The molecule has 2 N–H and O–H groups in total. The Morgan fingerprint density at radius 1 is 0.857 bits per heavy atom. The lowest BCUT2D eigenvalue weighted by Gasteiger charge is -2.02. The van der Waals surface area contributed by atoms with Crippen LogP contribution < -0.4 is 0 Å². The largest absolute Gasteiger partial charge is 0.481 e. The lowest BCUT2D eigenvalue weighted by Crippen LogP contribution is -2.23. The Hall–Kier alpha value is -0.790. The monoisotopic (exact) mass is 250 g/mol. The minimum Gasteiger partial charge on any atom is -0.481 e. The maximum absolute atomic E-state index is 10.3. The van der Waals surface area contributed by atoms with Crippen molar-refractivity contribution in [1.82, 2.24) is 0 Å². The van der Waals surface area contributed by atoms with Crippen molar-refractivity contribution in [2.45, 2.75) is 12.8 Å². The SMILES string of the molecule is O=C(O)CC(=S)C(=S)C(=S)CC(=O)O. The summed E-state index contributed by atoms with van der Waals surface area (Å²) in [6.07, 6.45) is -0.790. The summed E-state index contributed by atoms with van der Waals surface area (Å²) in [6.45, 7) is 0. The van der Waals surface area contributed by atoms with Gasteiger partial charge in [0, 0.05) is 9.73 Å². The first-order chi connectivity index (χ1) is 6.34. The molecule has 0 aromatic heterocycles. The lowest BCUT2D eigenvalue weighted by molar-refractivity contribution is -0.136. The fraction of sp³-hybridized carbons (Fsp3) is 0.286. The zero-order valence-electron chi connectivity index (χ0n) is 6.85. The van der Waals surface area contributed by atoms with Crippen molar-refractivity contribution in [2.75, 3.05) is 0 Å². The predicted octanol–water partition coefficient (Wildman–Crippen LogP) is 1.05. The van der Waals surface area contributed by atoms with Crippen LogP contribution in [0.15, 0.2) is 0 Å². The van der Waals surface area contributed by atoms with Gasteiger partial charge in [0.05, 0.1) is 17.7 Å². The standard InChI is InChI=1S/C7H6O4S3/c8-5(9)1-3(12)7(14)4(13)2-6(10)11/h1-2H2,(H,8,9)(H,10,11). The van der Waals surface area contributed by atoms with Gasteiger partial charge in [0.1, 0.15) is 0 Å². The highest BCUT2D eigenvalue weighted by Gasteiger charge is 2.15. The van der Waals surface area contributed by atoms with Gasteiger partial charge in [0.15, 0.2) is 0 Å². The van der Waals surface area contributed by atoms with Gasteiger partial charge in [-0.2, -0.15) is 0 Å². The van der Waals surface area contributed by atoms with Crippen LogP contribution in [0.4, 0.5) is 0 Å². The molecule has 0 aliphatic carbocycles. The summed E-state index contributed by atoms with van der Waals surface area (Å²) >= 11 is 14.1. The fourth-order valence-corrected chi connectivity index (χ4v) is 1.29. The number of carboxylic acid groups (broad SMARTS) is 2. The number of carboxylic acids is 2. The minimum atomic E-state index is -1.12. The van der Waals surface area contributed by atoms with E-state index >= 15 is 0 Å². The van der Waals surface area contributed by atoms with Crippen LogP contribution >= 0.6 is 36.7 Å². The van der Waals surface area contributed by atoms with Crippen LogP contribution in [0.3, 0.4) is 0 Å². The van der Waals surface area contributed by atoms with Gasteiger partial charge in [-0.3, -0.25) is 9.59 Å². The summed E-state index contributed by atoms with van der Waals surface area (Å²) in [4.78, 5) is 20.5. The van der Waals surface area contributed by atoms with Gasteiger partial charge in [0.25, 0.3) is 0 Å². The Morgan fingerprint density at radius 3 is 1.36 bits per heavy atom. The van der Waals surface area contributed by atoms with E-state index in [1.54, 1.807) is 0 Å². The van der Waals surface area contributed by atoms with E-state index < -0.39 is 24.8 Å². The van der Waals surface area contributed by atoms with Gasteiger partial charge in [-0.05, 0) is 0 Å². The van der Waals surface area contributed by atoms with Gasteiger partial charge in [0.2, 0.25) is 0 Å². The van der Waals surface area contributed by atoms with E-state index in [-0.39, 0.29) is 14.6 Å². The summed E-state index contributed by atoms with van der Waals surface area (Å²) < 4.78 is 0. The second kappa shape index (κ2) is 5.84. The van der Waals surface area contributed by atoms with Crippen molar-refractivity contribution in [2.24, 2.45) is 0 Å². The molecule has 0 unspecified atom stereocenters. The number of hydrogen-bond donors (Lipinski definition) is 2. The molecule has 4 nitrogen and oxygen atoms in total. The number of aliphatic carboxylic acids is 2. The third kappa shape index (κ3) is 5.05. The first-order valence-electron chi connectivity index (χ1n) is 3.38. The first kappa shape index (κ1) is 13.2. The molecule has 0 amide bonds. The maximum atomic E-state index is 10.3. The highest BCUT2D eigenvalue weighted by molar-refractivity contribution is 7.95. The molecule has 7 heteroatoms. The second-order valence-electron chi connectivity index (χ2n) is 2.32. The Labute approximate surface area is 95.9 Å². The maximum Gasteiger partial charge on any atom is 0.308 e. The van der Waals surface area contributed by atoms with Crippen molar-refractivity contribution >= 4 is 63.2 Å². The van der Waals surface area contributed by atoms with E-state index in [4.69, 9.17) is 22.4 Å². The van der Waals surface area contributed by atoms with Crippen LogP contribution in [0, 0.1) is 0 Å². The Bertz CT molecular complexity index is 291. The Morgan fingerprint density at radius 2 is 1.14 bits per heavy atom. The molecule has 76 valence electrons. The number of rotatable bonds is 6. The van der Waals surface area contributed by atoms with Gasteiger partial charge in [-0.1, -0.05) is 36.7 Å². The van der Waals surface area contributed by atoms with E-state index in [0.29, 0.717) is 0 Å². The molecule has 0 bridgehead atoms. The average Bonchev–Trinajstić information content (AvgIpc) is 2.00. The molecule has 0 rings (SSSR count). The van der Waals surface area contributed by atoms with Crippen molar-refractivity contribution in [1.29, 1.82) is 0 Å². The molecule has 14 heavy (non-hydrogen) atoms. The average molecular weight is 250 g/mol. The Kier molecular flexibility index (Phi) is 5.51. The predicted molar refractivity (Wildman–Crippen MR) is 62.3 cm³/mol. The number of thiocarbonyl (C=S) groups is 3. The molecule has 0 saturated carbocycles. The third-order valence-corrected chi connectivity index (χ3v) is 2.58. The molecule has 0 aromatic rings. The summed E-state index contributed by atoms with van der Waals surface area (Å²) in [7, 11) is 0. The molecule has 0 saturated heterocycles. The first-order valence-corrected chi connectivity index (χ1v) is 4.61. The van der Waals surface area contributed by atoms with E-state index in [1.165, 1.54) is 0 Å². The zero-order valence-corrected chi connectivity index (χ0v) is 9.30. The Balaban J connectivity index is 4.32. The van der Waals surface area contributed by atoms with Crippen molar-refractivity contribution in [3.63, 3.8) is 0 Å². The van der Waals surface area contributed by atoms with E-state index in [9.17, 15) is 9.59 Å². The summed E-state index contributed by atoms with van der Waals surface area (Å²) in [6, 6.07) is 0. The fourth-order valence-electron chi connectivity index (χ4n) is 0.591. The van der Waals surface area contributed by atoms with Crippen molar-refractivity contribution in [3.05, 3.63) is 0 Å².